The summed E-state index contributed by atoms with van der Waals surface area (Å²) < 4.78 is 1.02. The number of halogens is 1. The van der Waals surface area contributed by atoms with Gasteiger partial charge in [0.25, 0.3) is 0 Å². The van der Waals surface area contributed by atoms with Crippen LogP contribution in [0.25, 0.3) is 0 Å². The molecule has 0 aromatic heterocycles. The first-order chi connectivity index (χ1) is 10.1. The Labute approximate surface area is 136 Å². The molecule has 1 N–H and O–H groups in total. The van der Waals surface area contributed by atoms with E-state index >= 15 is 0 Å². The summed E-state index contributed by atoms with van der Waals surface area (Å²) in [6.07, 6.45) is 9.51. The van der Waals surface area contributed by atoms with Crippen LogP contribution >= 0.6 is 15.9 Å². The second kappa shape index (κ2) is 6.29. The van der Waals surface area contributed by atoms with E-state index in [4.69, 9.17) is 0 Å². The van der Waals surface area contributed by atoms with E-state index in [0.29, 0.717) is 5.41 Å². The fourth-order valence-corrected chi connectivity index (χ4v) is 4.79. The molecule has 1 aliphatic carbocycles. The van der Waals surface area contributed by atoms with Crippen LogP contribution in [0.1, 0.15) is 63.5 Å². The molecule has 1 aliphatic heterocycles. The van der Waals surface area contributed by atoms with Crippen LogP contribution < -0.4 is 4.90 Å². The van der Waals surface area contributed by atoms with Crippen molar-refractivity contribution in [3.63, 3.8) is 0 Å². The molecule has 0 amide bonds. The van der Waals surface area contributed by atoms with E-state index in [1.54, 1.807) is 0 Å². The van der Waals surface area contributed by atoms with Gasteiger partial charge < -0.3 is 10.0 Å². The lowest BCUT2D eigenvalue weighted by atomic mass is 9.68. The number of aliphatic hydroxyl groups excluding tert-OH is 1. The molecule has 1 atom stereocenters. The Kier molecular flexibility index (Phi) is 4.60. The van der Waals surface area contributed by atoms with E-state index in [0.717, 1.165) is 10.0 Å². The van der Waals surface area contributed by atoms with Crippen molar-refractivity contribution in [1.29, 1.82) is 0 Å². The number of benzene rings is 1. The van der Waals surface area contributed by atoms with Gasteiger partial charge in [-0.3, -0.25) is 0 Å². The van der Waals surface area contributed by atoms with Gasteiger partial charge in [0.15, 0.2) is 0 Å². The molecule has 1 aromatic rings. The Balaban J connectivity index is 1.68. The number of anilines is 1. The van der Waals surface area contributed by atoms with E-state index in [1.807, 2.05) is 6.92 Å². The zero-order valence-corrected chi connectivity index (χ0v) is 14.5. The van der Waals surface area contributed by atoms with Crippen LogP contribution in [-0.4, -0.2) is 18.2 Å². The predicted octanol–water partition coefficient (Wildman–Crippen LogP) is 5.05. The van der Waals surface area contributed by atoms with E-state index < -0.39 is 6.10 Å². The highest BCUT2D eigenvalue weighted by atomic mass is 79.9. The highest BCUT2D eigenvalue weighted by molar-refractivity contribution is 9.10. The zero-order chi connectivity index (χ0) is 14.9. The molecular weight excluding hydrogens is 326 g/mol. The van der Waals surface area contributed by atoms with Gasteiger partial charge in [-0.25, -0.2) is 0 Å². The lowest BCUT2D eigenvalue weighted by Crippen LogP contribution is -2.41. The van der Waals surface area contributed by atoms with Crippen LogP contribution in [0.4, 0.5) is 5.69 Å². The van der Waals surface area contributed by atoms with Gasteiger partial charge in [0.05, 0.1) is 6.10 Å². The summed E-state index contributed by atoms with van der Waals surface area (Å²) in [7, 11) is 0. The Bertz CT molecular complexity index is 484. The standard InChI is InChI=1S/C18H26BrNO/c1-14(21)16-6-5-15(13-17(16)19)20-11-9-18(10-12-20)7-3-2-4-8-18/h5-6,13-14,21H,2-4,7-12H2,1H3. The number of hydrogen-bond acceptors (Lipinski definition) is 2. The topological polar surface area (TPSA) is 23.5 Å². The third-order valence-electron chi connectivity index (χ3n) is 5.54. The Morgan fingerprint density at radius 3 is 2.33 bits per heavy atom. The van der Waals surface area contributed by atoms with Crippen molar-refractivity contribution in [2.24, 2.45) is 5.41 Å². The highest BCUT2D eigenvalue weighted by Crippen LogP contribution is 2.45. The van der Waals surface area contributed by atoms with Crippen LogP contribution in [-0.2, 0) is 0 Å². The smallest absolute Gasteiger partial charge is 0.0772 e. The maximum absolute atomic E-state index is 9.73. The number of rotatable bonds is 2. The molecule has 2 fully saturated rings. The molecule has 116 valence electrons. The van der Waals surface area contributed by atoms with Gasteiger partial charge >= 0.3 is 0 Å². The largest absolute Gasteiger partial charge is 0.389 e. The van der Waals surface area contributed by atoms with Crippen LogP contribution in [0, 0.1) is 5.41 Å². The first-order valence-corrected chi connectivity index (χ1v) is 9.11. The third-order valence-corrected chi connectivity index (χ3v) is 6.22. The van der Waals surface area contributed by atoms with Gasteiger partial charge in [-0.15, -0.1) is 0 Å². The number of nitrogens with zero attached hydrogens (tertiary/aromatic N) is 1. The van der Waals surface area contributed by atoms with Crippen molar-refractivity contribution in [3.8, 4) is 0 Å². The molecule has 2 aliphatic rings. The minimum Gasteiger partial charge on any atom is -0.389 e. The summed E-state index contributed by atoms with van der Waals surface area (Å²) in [6, 6.07) is 6.38. The van der Waals surface area contributed by atoms with Gasteiger partial charge in [-0.2, -0.15) is 0 Å². The summed E-state index contributed by atoms with van der Waals surface area (Å²) >= 11 is 3.60. The molecule has 1 spiro atoms. The Hall–Kier alpha value is -0.540. The number of piperidine rings is 1. The monoisotopic (exact) mass is 351 g/mol. The molecule has 3 heteroatoms. The summed E-state index contributed by atoms with van der Waals surface area (Å²) in [6.45, 7) is 4.18. The molecule has 1 unspecified atom stereocenters. The summed E-state index contributed by atoms with van der Waals surface area (Å²) in [5.41, 5.74) is 2.92. The van der Waals surface area contributed by atoms with Crippen molar-refractivity contribution in [2.75, 3.05) is 18.0 Å². The molecule has 1 heterocycles. The molecule has 0 radical (unpaired) electrons. The van der Waals surface area contributed by atoms with Crippen molar-refractivity contribution in [1.82, 2.24) is 0 Å². The van der Waals surface area contributed by atoms with Crippen LogP contribution in [0.2, 0.25) is 0 Å². The van der Waals surface area contributed by atoms with E-state index in [1.165, 1.54) is 63.7 Å². The summed E-state index contributed by atoms with van der Waals surface area (Å²) in [5.74, 6) is 0. The van der Waals surface area contributed by atoms with Crippen LogP contribution in [0.3, 0.4) is 0 Å². The fourth-order valence-electron chi connectivity index (χ4n) is 4.09. The molecule has 1 aromatic carbocycles. The third kappa shape index (κ3) is 3.29. The fraction of sp³-hybridized carbons (Fsp3) is 0.667. The van der Waals surface area contributed by atoms with Gasteiger partial charge in [-0.05, 0) is 55.7 Å². The Morgan fingerprint density at radius 2 is 1.76 bits per heavy atom. The lowest BCUT2D eigenvalue weighted by Gasteiger charge is -2.45. The molecule has 2 nitrogen and oxygen atoms in total. The molecular formula is C18H26BrNO. The van der Waals surface area contributed by atoms with Crippen molar-refractivity contribution < 1.29 is 5.11 Å². The van der Waals surface area contributed by atoms with Crippen LogP contribution in [0.15, 0.2) is 22.7 Å². The highest BCUT2D eigenvalue weighted by Gasteiger charge is 2.35. The minimum atomic E-state index is -0.416. The first-order valence-electron chi connectivity index (χ1n) is 8.32. The van der Waals surface area contributed by atoms with Gasteiger partial charge in [-0.1, -0.05) is 41.3 Å². The summed E-state index contributed by atoms with van der Waals surface area (Å²) in [5, 5.41) is 9.73. The van der Waals surface area contributed by atoms with Crippen molar-refractivity contribution in [3.05, 3.63) is 28.2 Å². The number of aliphatic hydroxyl groups is 1. The van der Waals surface area contributed by atoms with Gasteiger partial charge in [0, 0.05) is 23.2 Å². The maximum Gasteiger partial charge on any atom is 0.0772 e. The molecule has 3 rings (SSSR count). The number of hydrogen-bond donors (Lipinski definition) is 1. The Morgan fingerprint density at radius 1 is 1.10 bits per heavy atom. The predicted molar refractivity (Wildman–Crippen MR) is 91.7 cm³/mol. The molecule has 21 heavy (non-hydrogen) atoms. The maximum atomic E-state index is 9.73. The van der Waals surface area contributed by atoms with Gasteiger partial charge in [0.1, 0.15) is 0 Å². The van der Waals surface area contributed by atoms with Crippen molar-refractivity contribution in [2.45, 2.75) is 58.0 Å². The van der Waals surface area contributed by atoms with Crippen molar-refractivity contribution >= 4 is 21.6 Å². The molecule has 1 saturated heterocycles. The zero-order valence-electron chi connectivity index (χ0n) is 12.9. The second-order valence-corrected chi connectivity index (χ2v) is 7.78. The van der Waals surface area contributed by atoms with E-state index in [9.17, 15) is 5.11 Å². The second-order valence-electron chi connectivity index (χ2n) is 6.93. The molecule has 0 bridgehead atoms. The van der Waals surface area contributed by atoms with Crippen LogP contribution in [0.5, 0.6) is 0 Å². The minimum absolute atomic E-state index is 0.416. The van der Waals surface area contributed by atoms with Gasteiger partial charge in [0.2, 0.25) is 0 Å². The first kappa shape index (κ1) is 15.4. The van der Waals surface area contributed by atoms with E-state index in [-0.39, 0.29) is 0 Å². The summed E-state index contributed by atoms with van der Waals surface area (Å²) in [4.78, 5) is 2.51. The lowest BCUT2D eigenvalue weighted by molar-refractivity contribution is 0.144. The average molecular weight is 352 g/mol. The normalized spacial score (nSPS) is 23.3. The SMILES string of the molecule is CC(O)c1ccc(N2CCC3(CCCCC3)CC2)cc1Br. The average Bonchev–Trinajstić information content (AvgIpc) is 2.48. The molecule has 1 saturated carbocycles. The van der Waals surface area contributed by atoms with E-state index in [2.05, 4.69) is 39.0 Å². The quantitative estimate of drug-likeness (QED) is 0.805.